The Labute approximate surface area is 117 Å². The molecule has 4 heteroatoms. The van der Waals surface area contributed by atoms with Crippen LogP contribution in [0.5, 0.6) is 0 Å². The van der Waals surface area contributed by atoms with Gasteiger partial charge >= 0.3 is 0 Å². The van der Waals surface area contributed by atoms with Crippen LogP contribution in [0.15, 0.2) is 0 Å². The van der Waals surface area contributed by atoms with Crippen LogP contribution < -0.4 is 5.32 Å². The summed E-state index contributed by atoms with van der Waals surface area (Å²) in [5.41, 5.74) is 0. The number of carbonyl (C=O) groups is 1. The number of hydrogen-bond donors (Lipinski definition) is 1. The van der Waals surface area contributed by atoms with Crippen molar-refractivity contribution < 1.29 is 4.79 Å². The molecule has 1 aliphatic heterocycles. The highest BCUT2D eigenvalue weighted by Gasteiger charge is 2.25. The molecule has 3 nitrogen and oxygen atoms in total. The molecule has 1 unspecified atom stereocenters. The van der Waals surface area contributed by atoms with Gasteiger partial charge in [0.15, 0.2) is 0 Å². The maximum atomic E-state index is 12.1. The highest BCUT2D eigenvalue weighted by atomic mass is 35.5. The normalized spacial score (nSPS) is 24.6. The predicted octanol–water partition coefficient (Wildman–Crippen LogP) is 2.45. The second-order valence-corrected chi connectivity index (χ2v) is 5.74. The highest BCUT2D eigenvalue weighted by Crippen LogP contribution is 2.26. The maximum Gasteiger partial charge on any atom is 0.226 e. The number of carbonyl (C=O) groups excluding carboxylic acids is 1. The van der Waals surface area contributed by atoms with Gasteiger partial charge in [-0.15, -0.1) is 12.4 Å². The van der Waals surface area contributed by atoms with Crippen LogP contribution in [-0.2, 0) is 4.79 Å². The fraction of sp³-hybridized carbons (Fsp3) is 0.929. The number of hydrogen-bond acceptors (Lipinski definition) is 2. The first-order valence-corrected chi connectivity index (χ1v) is 7.23. The highest BCUT2D eigenvalue weighted by molar-refractivity contribution is 5.85. The largest absolute Gasteiger partial charge is 0.345 e. The molecule has 1 heterocycles. The lowest BCUT2D eigenvalue weighted by Gasteiger charge is -2.26. The average molecular weight is 275 g/mol. The maximum absolute atomic E-state index is 12.1. The molecule has 1 amide bonds. The zero-order valence-corrected chi connectivity index (χ0v) is 12.3. The Morgan fingerprint density at radius 2 is 1.94 bits per heavy atom. The molecule has 1 saturated carbocycles. The smallest absolute Gasteiger partial charge is 0.226 e. The lowest BCUT2D eigenvalue weighted by atomic mass is 9.87. The molecule has 0 bridgehead atoms. The summed E-state index contributed by atoms with van der Waals surface area (Å²) in [4.78, 5) is 14.1. The van der Waals surface area contributed by atoms with E-state index in [1.54, 1.807) is 0 Å². The summed E-state index contributed by atoms with van der Waals surface area (Å²) in [6.45, 7) is 2.85. The van der Waals surface area contributed by atoms with Crippen molar-refractivity contribution in [3.8, 4) is 0 Å². The van der Waals surface area contributed by atoms with E-state index in [2.05, 4.69) is 5.32 Å². The lowest BCUT2D eigenvalue weighted by molar-refractivity contribution is -0.133. The molecule has 1 atom stereocenters. The average Bonchev–Trinajstić information content (AvgIpc) is 2.90. The van der Waals surface area contributed by atoms with Crippen LogP contribution in [0, 0.1) is 11.8 Å². The minimum Gasteiger partial charge on any atom is -0.345 e. The van der Waals surface area contributed by atoms with Crippen molar-refractivity contribution in [2.75, 3.05) is 26.7 Å². The predicted molar refractivity (Wildman–Crippen MR) is 77.1 cm³/mol. The monoisotopic (exact) mass is 274 g/mol. The standard InChI is InChI=1S/C14H26N2O.ClH/c1-16(14(17)13-7-9-15-11-13)10-8-12-5-3-2-4-6-12;/h12-13,15H,2-11H2,1H3;1H. The minimum absolute atomic E-state index is 0. The van der Waals surface area contributed by atoms with Gasteiger partial charge in [0.1, 0.15) is 0 Å². The summed E-state index contributed by atoms with van der Waals surface area (Å²) in [7, 11) is 1.98. The van der Waals surface area contributed by atoms with Gasteiger partial charge in [-0.1, -0.05) is 32.1 Å². The second kappa shape index (κ2) is 8.00. The van der Waals surface area contributed by atoms with E-state index >= 15 is 0 Å². The van der Waals surface area contributed by atoms with Crippen molar-refractivity contribution in [1.82, 2.24) is 10.2 Å². The third-order valence-corrected chi connectivity index (χ3v) is 4.38. The van der Waals surface area contributed by atoms with Crippen molar-refractivity contribution >= 4 is 18.3 Å². The first kappa shape index (κ1) is 15.8. The molecule has 0 aromatic heterocycles. The molecule has 1 saturated heterocycles. The molecule has 0 spiro atoms. The van der Waals surface area contributed by atoms with Gasteiger partial charge in [0, 0.05) is 20.1 Å². The van der Waals surface area contributed by atoms with E-state index in [0.717, 1.165) is 32.0 Å². The first-order valence-electron chi connectivity index (χ1n) is 7.23. The van der Waals surface area contributed by atoms with Gasteiger partial charge in [0.2, 0.25) is 5.91 Å². The van der Waals surface area contributed by atoms with Crippen LogP contribution >= 0.6 is 12.4 Å². The van der Waals surface area contributed by atoms with E-state index in [1.165, 1.54) is 38.5 Å². The van der Waals surface area contributed by atoms with E-state index in [1.807, 2.05) is 11.9 Å². The van der Waals surface area contributed by atoms with Crippen LogP contribution in [0.1, 0.15) is 44.9 Å². The van der Waals surface area contributed by atoms with Crippen molar-refractivity contribution in [2.24, 2.45) is 11.8 Å². The summed E-state index contributed by atoms with van der Waals surface area (Å²) < 4.78 is 0. The van der Waals surface area contributed by atoms with E-state index in [-0.39, 0.29) is 18.3 Å². The number of nitrogens with one attached hydrogen (secondary N) is 1. The number of nitrogens with zero attached hydrogens (tertiary/aromatic N) is 1. The van der Waals surface area contributed by atoms with E-state index in [4.69, 9.17) is 0 Å². The Morgan fingerprint density at radius 3 is 2.56 bits per heavy atom. The molecule has 106 valence electrons. The summed E-state index contributed by atoms with van der Waals surface area (Å²) in [5.74, 6) is 1.47. The SMILES string of the molecule is CN(CCC1CCCCC1)C(=O)C1CCNC1.Cl. The zero-order valence-electron chi connectivity index (χ0n) is 11.5. The lowest BCUT2D eigenvalue weighted by Crippen LogP contribution is -2.35. The molecule has 2 aliphatic rings. The fourth-order valence-corrected chi connectivity index (χ4v) is 3.14. The second-order valence-electron chi connectivity index (χ2n) is 5.74. The van der Waals surface area contributed by atoms with Crippen LogP contribution in [-0.4, -0.2) is 37.5 Å². The van der Waals surface area contributed by atoms with Crippen molar-refractivity contribution in [3.05, 3.63) is 0 Å². The fourth-order valence-electron chi connectivity index (χ4n) is 3.14. The Balaban J connectivity index is 0.00000162. The molecule has 0 aromatic rings. The number of halogens is 1. The molecular weight excluding hydrogens is 248 g/mol. The molecule has 18 heavy (non-hydrogen) atoms. The van der Waals surface area contributed by atoms with Gasteiger partial charge in [0.25, 0.3) is 0 Å². The quantitative estimate of drug-likeness (QED) is 0.854. The van der Waals surface area contributed by atoms with Crippen LogP contribution in [0.4, 0.5) is 0 Å². The Morgan fingerprint density at radius 1 is 1.22 bits per heavy atom. The van der Waals surface area contributed by atoms with Crippen molar-refractivity contribution in [3.63, 3.8) is 0 Å². The number of rotatable bonds is 4. The molecule has 1 N–H and O–H groups in total. The third-order valence-electron chi connectivity index (χ3n) is 4.38. The molecule has 1 aliphatic carbocycles. The molecule has 2 fully saturated rings. The van der Waals surface area contributed by atoms with E-state index in [9.17, 15) is 4.79 Å². The van der Waals surface area contributed by atoms with Gasteiger partial charge < -0.3 is 10.2 Å². The molecular formula is C14H27ClN2O. The Kier molecular flexibility index (Phi) is 7.02. The van der Waals surface area contributed by atoms with E-state index in [0.29, 0.717) is 5.91 Å². The first-order chi connectivity index (χ1) is 8.27. The van der Waals surface area contributed by atoms with Gasteiger partial charge in [-0.3, -0.25) is 4.79 Å². The van der Waals surface area contributed by atoms with Gasteiger partial charge in [-0.05, 0) is 25.3 Å². The van der Waals surface area contributed by atoms with E-state index < -0.39 is 0 Å². The van der Waals surface area contributed by atoms with Gasteiger partial charge in [-0.2, -0.15) is 0 Å². The number of amides is 1. The van der Waals surface area contributed by atoms with Crippen LogP contribution in [0.2, 0.25) is 0 Å². The molecule has 0 aromatic carbocycles. The minimum atomic E-state index is 0. The van der Waals surface area contributed by atoms with Crippen molar-refractivity contribution in [2.45, 2.75) is 44.9 Å². The summed E-state index contributed by atoms with van der Waals surface area (Å²) >= 11 is 0. The summed E-state index contributed by atoms with van der Waals surface area (Å²) in [6, 6.07) is 0. The topological polar surface area (TPSA) is 32.3 Å². The van der Waals surface area contributed by atoms with Crippen molar-refractivity contribution in [1.29, 1.82) is 0 Å². The van der Waals surface area contributed by atoms with Crippen LogP contribution in [0.25, 0.3) is 0 Å². The Bertz CT molecular complexity index is 248. The van der Waals surface area contributed by atoms with Crippen LogP contribution in [0.3, 0.4) is 0 Å². The molecule has 0 radical (unpaired) electrons. The van der Waals surface area contributed by atoms with Gasteiger partial charge in [0.05, 0.1) is 5.92 Å². The Hall–Kier alpha value is -0.280. The third kappa shape index (κ3) is 4.43. The summed E-state index contributed by atoms with van der Waals surface area (Å²) in [6.07, 6.45) is 9.21. The van der Waals surface area contributed by atoms with Gasteiger partial charge in [-0.25, -0.2) is 0 Å². The summed E-state index contributed by atoms with van der Waals surface area (Å²) in [5, 5.41) is 3.27. The zero-order chi connectivity index (χ0) is 12.1. The molecule has 2 rings (SSSR count).